The third-order valence-electron chi connectivity index (χ3n) is 6.13. The molecule has 1 atom stereocenters. The van der Waals surface area contributed by atoms with Crippen molar-refractivity contribution in [2.75, 3.05) is 32.7 Å². The molecule has 2 aliphatic heterocycles. The van der Waals surface area contributed by atoms with Gasteiger partial charge >= 0.3 is 0 Å². The van der Waals surface area contributed by atoms with Crippen LogP contribution in [0, 0.1) is 17.3 Å². The second kappa shape index (κ2) is 9.42. The molecule has 5 nitrogen and oxygen atoms in total. The van der Waals surface area contributed by atoms with E-state index >= 15 is 0 Å². The summed E-state index contributed by atoms with van der Waals surface area (Å²) in [6.07, 6.45) is 8.36. The van der Waals surface area contributed by atoms with Crippen molar-refractivity contribution in [3.63, 3.8) is 0 Å². The molecule has 25 heavy (non-hydrogen) atoms. The monoisotopic (exact) mass is 462 g/mol. The van der Waals surface area contributed by atoms with Crippen LogP contribution in [0.1, 0.15) is 58.8 Å². The number of carbonyl (C=O) groups excluding carboxylic acids is 1. The van der Waals surface area contributed by atoms with Crippen molar-refractivity contribution in [3.05, 3.63) is 0 Å². The molecule has 1 amide bonds. The van der Waals surface area contributed by atoms with Gasteiger partial charge in [-0.2, -0.15) is 0 Å². The van der Waals surface area contributed by atoms with Gasteiger partial charge < -0.3 is 15.5 Å². The predicted molar refractivity (Wildman–Crippen MR) is 113 cm³/mol. The minimum Gasteiger partial charge on any atom is -0.357 e. The summed E-state index contributed by atoms with van der Waals surface area (Å²) in [6.45, 7) is 9.22. The number of aliphatic imine (C=N–C) groups is 1. The number of piperidine rings is 1. The summed E-state index contributed by atoms with van der Waals surface area (Å²) >= 11 is 0. The zero-order valence-electron chi connectivity index (χ0n) is 15.9. The Morgan fingerprint density at radius 3 is 2.76 bits per heavy atom. The van der Waals surface area contributed by atoms with Crippen molar-refractivity contribution in [2.24, 2.45) is 22.2 Å². The smallest absolute Gasteiger partial charge is 0.220 e. The van der Waals surface area contributed by atoms with Gasteiger partial charge in [-0.3, -0.25) is 9.79 Å². The SMILES string of the molecule is CCNC(=NCC1CCC(C)CC1)N1CCCC2(CNC(=O)C2)C1.I. The Balaban J connectivity index is 0.00000225. The summed E-state index contributed by atoms with van der Waals surface area (Å²) in [6, 6.07) is 0. The van der Waals surface area contributed by atoms with Crippen molar-refractivity contribution in [1.82, 2.24) is 15.5 Å². The highest BCUT2D eigenvalue weighted by Crippen LogP contribution is 2.36. The predicted octanol–water partition coefficient (Wildman–Crippen LogP) is 3.00. The maximum Gasteiger partial charge on any atom is 0.220 e. The summed E-state index contributed by atoms with van der Waals surface area (Å²) in [7, 11) is 0. The summed E-state index contributed by atoms with van der Waals surface area (Å²) in [5.41, 5.74) is 0.131. The number of amides is 1. The number of rotatable bonds is 3. The Kier molecular flexibility index (Phi) is 7.83. The van der Waals surface area contributed by atoms with E-state index in [1.807, 2.05) is 0 Å². The van der Waals surface area contributed by atoms with Crippen molar-refractivity contribution < 1.29 is 4.79 Å². The largest absolute Gasteiger partial charge is 0.357 e. The van der Waals surface area contributed by atoms with Crippen molar-refractivity contribution in [3.8, 4) is 0 Å². The molecule has 6 heteroatoms. The summed E-state index contributed by atoms with van der Waals surface area (Å²) in [4.78, 5) is 19.1. The molecule has 3 fully saturated rings. The first-order chi connectivity index (χ1) is 11.6. The van der Waals surface area contributed by atoms with Crippen LogP contribution in [0.5, 0.6) is 0 Å². The quantitative estimate of drug-likeness (QED) is 0.385. The minimum absolute atomic E-state index is 0. The number of nitrogens with zero attached hydrogens (tertiary/aromatic N) is 2. The second-order valence-corrected chi connectivity index (χ2v) is 8.30. The van der Waals surface area contributed by atoms with Gasteiger partial charge in [-0.1, -0.05) is 19.8 Å². The highest BCUT2D eigenvalue weighted by Gasteiger charge is 2.42. The summed E-state index contributed by atoms with van der Waals surface area (Å²) in [5.74, 6) is 2.93. The van der Waals surface area contributed by atoms with E-state index in [1.54, 1.807) is 0 Å². The Labute approximate surface area is 169 Å². The molecule has 0 aromatic carbocycles. The maximum atomic E-state index is 11.7. The first-order valence-corrected chi connectivity index (χ1v) is 9.90. The van der Waals surface area contributed by atoms with Crippen LogP contribution >= 0.6 is 24.0 Å². The molecule has 2 N–H and O–H groups in total. The minimum atomic E-state index is 0. The lowest BCUT2D eigenvalue weighted by molar-refractivity contribution is -0.119. The highest BCUT2D eigenvalue weighted by molar-refractivity contribution is 14.0. The van der Waals surface area contributed by atoms with Gasteiger partial charge in [0.15, 0.2) is 5.96 Å². The van der Waals surface area contributed by atoms with E-state index in [9.17, 15) is 4.79 Å². The number of carbonyl (C=O) groups is 1. The average Bonchev–Trinajstić information content (AvgIpc) is 2.93. The van der Waals surface area contributed by atoms with Gasteiger partial charge in [-0.15, -0.1) is 24.0 Å². The van der Waals surface area contributed by atoms with Gasteiger partial charge in [0.2, 0.25) is 5.91 Å². The van der Waals surface area contributed by atoms with Crippen LogP contribution in [0.25, 0.3) is 0 Å². The molecule has 2 saturated heterocycles. The van der Waals surface area contributed by atoms with Crippen LogP contribution in [0.2, 0.25) is 0 Å². The number of guanidine groups is 1. The van der Waals surface area contributed by atoms with E-state index in [0.29, 0.717) is 6.42 Å². The lowest BCUT2D eigenvalue weighted by atomic mass is 9.79. The van der Waals surface area contributed by atoms with Crippen molar-refractivity contribution in [2.45, 2.75) is 58.8 Å². The number of hydrogen-bond donors (Lipinski definition) is 2. The molecule has 3 aliphatic rings. The summed E-state index contributed by atoms with van der Waals surface area (Å²) in [5, 5.41) is 6.52. The molecule has 0 bridgehead atoms. The number of hydrogen-bond acceptors (Lipinski definition) is 2. The first-order valence-electron chi connectivity index (χ1n) is 9.90. The molecule has 1 saturated carbocycles. The van der Waals surface area contributed by atoms with Gasteiger partial charge in [0.25, 0.3) is 0 Å². The molecule has 3 rings (SSSR count). The van der Waals surface area contributed by atoms with Crippen LogP contribution < -0.4 is 10.6 Å². The number of halogens is 1. The zero-order valence-corrected chi connectivity index (χ0v) is 18.2. The van der Waals surface area contributed by atoms with E-state index < -0.39 is 0 Å². The van der Waals surface area contributed by atoms with Crippen LogP contribution in [0.3, 0.4) is 0 Å². The van der Waals surface area contributed by atoms with Crippen LogP contribution in [-0.2, 0) is 4.79 Å². The Morgan fingerprint density at radius 1 is 1.36 bits per heavy atom. The summed E-state index contributed by atoms with van der Waals surface area (Å²) < 4.78 is 0. The van der Waals surface area contributed by atoms with E-state index in [-0.39, 0.29) is 35.3 Å². The number of nitrogens with one attached hydrogen (secondary N) is 2. The third kappa shape index (κ3) is 5.47. The molecule has 144 valence electrons. The fourth-order valence-corrected chi connectivity index (χ4v) is 4.58. The van der Waals surface area contributed by atoms with Gasteiger partial charge in [0, 0.05) is 44.6 Å². The van der Waals surface area contributed by atoms with Gasteiger partial charge in [-0.05, 0) is 44.4 Å². The Morgan fingerprint density at radius 2 is 2.12 bits per heavy atom. The lowest BCUT2D eigenvalue weighted by Crippen LogP contribution is -2.51. The third-order valence-corrected chi connectivity index (χ3v) is 6.13. The molecule has 0 radical (unpaired) electrons. The van der Waals surface area contributed by atoms with Gasteiger partial charge in [0.1, 0.15) is 0 Å². The van der Waals surface area contributed by atoms with E-state index in [2.05, 4.69) is 29.4 Å². The molecular weight excluding hydrogens is 427 g/mol. The molecule has 2 heterocycles. The second-order valence-electron chi connectivity index (χ2n) is 8.30. The normalized spacial score (nSPS) is 33.1. The highest BCUT2D eigenvalue weighted by atomic mass is 127. The topological polar surface area (TPSA) is 56.7 Å². The fraction of sp³-hybridized carbons (Fsp3) is 0.895. The molecule has 0 aromatic heterocycles. The van der Waals surface area contributed by atoms with E-state index in [1.165, 1.54) is 25.7 Å². The van der Waals surface area contributed by atoms with Gasteiger partial charge in [0.05, 0.1) is 0 Å². The van der Waals surface area contributed by atoms with Crippen molar-refractivity contribution in [1.29, 1.82) is 0 Å². The van der Waals surface area contributed by atoms with E-state index in [0.717, 1.165) is 63.4 Å². The van der Waals surface area contributed by atoms with Crippen LogP contribution in [0.4, 0.5) is 0 Å². The average molecular weight is 462 g/mol. The standard InChI is InChI=1S/C19H34N4O.HI/c1-3-20-18(21-12-16-7-5-15(2)6-8-16)23-10-4-9-19(14-23)11-17(24)22-13-19;/h15-16H,3-14H2,1-2H3,(H,20,21)(H,22,24);1H. The van der Waals surface area contributed by atoms with Crippen LogP contribution in [0.15, 0.2) is 4.99 Å². The first kappa shape index (κ1) is 20.8. The Hall–Kier alpha value is -0.530. The molecule has 1 unspecified atom stereocenters. The zero-order chi connectivity index (χ0) is 17.0. The fourth-order valence-electron chi connectivity index (χ4n) is 4.58. The number of likely N-dealkylation sites (tertiary alicyclic amines) is 1. The molecular formula is C19H35IN4O. The molecule has 1 spiro atoms. The van der Waals surface area contributed by atoms with Gasteiger partial charge in [-0.25, -0.2) is 0 Å². The molecule has 0 aromatic rings. The molecule has 1 aliphatic carbocycles. The maximum absolute atomic E-state index is 11.7. The Bertz CT molecular complexity index is 476. The van der Waals surface area contributed by atoms with Crippen molar-refractivity contribution >= 4 is 35.8 Å². The lowest BCUT2D eigenvalue weighted by Gasteiger charge is -2.41. The van der Waals surface area contributed by atoms with Crippen LogP contribution in [-0.4, -0.2) is 49.5 Å². The van der Waals surface area contributed by atoms with E-state index in [4.69, 9.17) is 4.99 Å².